The summed E-state index contributed by atoms with van der Waals surface area (Å²) in [5, 5.41) is 9.50. The number of anilines is 1. The number of aliphatic hydroxyl groups is 1. The van der Waals surface area contributed by atoms with E-state index in [0.29, 0.717) is 13.1 Å². The Morgan fingerprint density at radius 2 is 1.94 bits per heavy atom. The average Bonchev–Trinajstić information content (AvgIpc) is 2.29. The minimum absolute atomic E-state index is 0.206. The quantitative estimate of drug-likeness (QED) is 0.895. The number of halogens is 1. The molecular weight excluding hydrogens is 318 g/mol. The van der Waals surface area contributed by atoms with E-state index in [2.05, 4.69) is 20.8 Å². The van der Waals surface area contributed by atoms with Gasteiger partial charge in [-0.1, -0.05) is 6.07 Å². The van der Waals surface area contributed by atoms with Crippen LogP contribution in [0.2, 0.25) is 0 Å². The van der Waals surface area contributed by atoms with Gasteiger partial charge in [0, 0.05) is 17.6 Å². The molecule has 0 saturated carbocycles. The Morgan fingerprint density at radius 3 is 2.44 bits per heavy atom. The van der Waals surface area contributed by atoms with Crippen LogP contribution in [0.1, 0.15) is 18.6 Å². The molecule has 0 unspecified atom stereocenters. The van der Waals surface area contributed by atoms with E-state index in [0.717, 1.165) is 15.7 Å². The van der Waals surface area contributed by atoms with E-state index in [1.54, 1.807) is 6.92 Å². The van der Waals surface area contributed by atoms with Gasteiger partial charge >= 0.3 is 0 Å². The topological polar surface area (TPSA) is 57.6 Å². The van der Waals surface area contributed by atoms with Crippen LogP contribution >= 0.6 is 15.9 Å². The maximum absolute atomic E-state index is 11.4. The maximum atomic E-state index is 11.4. The van der Waals surface area contributed by atoms with Gasteiger partial charge in [-0.2, -0.15) is 0 Å². The molecule has 0 amide bonds. The van der Waals surface area contributed by atoms with E-state index >= 15 is 0 Å². The van der Waals surface area contributed by atoms with Crippen LogP contribution < -0.4 is 4.90 Å². The van der Waals surface area contributed by atoms with Gasteiger partial charge in [0.05, 0.1) is 23.3 Å². The standard InChI is InChI=1S/C12H16BrNO3S/c1-9(15)10-2-3-12(11(13)8-10)14-4-6-18(16,17)7-5-14/h2-3,8-9,15H,4-7H2,1H3/t9-/m1/s1. The minimum atomic E-state index is -2.86. The van der Waals surface area contributed by atoms with Crippen LogP contribution in [0.5, 0.6) is 0 Å². The second-order valence-electron chi connectivity index (χ2n) is 4.53. The summed E-state index contributed by atoms with van der Waals surface area (Å²) in [4.78, 5) is 2.05. The van der Waals surface area contributed by atoms with Gasteiger partial charge in [0.2, 0.25) is 0 Å². The largest absolute Gasteiger partial charge is 0.389 e. The van der Waals surface area contributed by atoms with Crippen LogP contribution in [0.25, 0.3) is 0 Å². The van der Waals surface area contributed by atoms with Crippen LogP contribution in [0.4, 0.5) is 5.69 Å². The summed E-state index contributed by atoms with van der Waals surface area (Å²) in [5.74, 6) is 0.412. The average molecular weight is 334 g/mol. The fourth-order valence-electron chi connectivity index (χ4n) is 1.99. The first-order valence-electron chi connectivity index (χ1n) is 5.82. The van der Waals surface area contributed by atoms with Gasteiger partial charge in [-0.05, 0) is 40.5 Å². The highest BCUT2D eigenvalue weighted by molar-refractivity contribution is 9.10. The predicted octanol–water partition coefficient (Wildman–Crippen LogP) is 1.74. The molecular formula is C12H16BrNO3S. The Kier molecular flexibility index (Phi) is 3.99. The van der Waals surface area contributed by atoms with Crippen LogP contribution in [0.3, 0.4) is 0 Å². The lowest BCUT2D eigenvalue weighted by Crippen LogP contribution is -2.40. The highest BCUT2D eigenvalue weighted by Crippen LogP contribution is 2.30. The highest BCUT2D eigenvalue weighted by Gasteiger charge is 2.23. The van der Waals surface area contributed by atoms with Crippen molar-refractivity contribution in [1.82, 2.24) is 0 Å². The predicted molar refractivity (Wildman–Crippen MR) is 75.6 cm³/mol. The van der Waals surface area contributed by atoms with Crippen LogP contribution in [-0.2, 0) is 9.84 Å². The van der Waals surface area contributed by atoms with Crippen molar-refractivity contribution in [3.8, 4) is 0 Å². The molecule has 1 aromatic rings. The van der Waals surface area contributed by atoms with Crippen molar-refractivity contribution in [3.05, 3.63) is 28.2 Å². The number of sulfone groups is 1. The lowest BCUT2D eigenvalue weighted by Gasteiger charge is -2.29. The Labute approximate surface area is 116 Å². The third-order valence-electron chi connectivity index (χ3n) is 3.14. The Morgan fingerprint density at radius 1 is 1.33 bits per heavy atom. The summed E-state index contributed by atoms with van der Waals surface area (Å²) < 4.78 is 23.7. The Balaban J connectivity index is 2.20. The fourth-order valence-corrected chi connectivity index (χ4v) is 3.84. The third-order valence-corrected chi connectivity index (χ3v) is 5.38. The summed E-state index contributed by atoms with van der Waals surface area (Å²) >= 11 is 3.48. The van der Waals surface area contributed by atoms with E-state index in [9.17, 15) is 13.5 Å². The highest BCUT2D eigenvalue weighted by atomic mass is 79.9. The number of nitrogens with zero attached hydrogens (tertiary/aromatic N) is 1. The van der Waals surface area contributed by atoms with E-state index < -0.39 is 15.9 Å². The molecule has 2 rings (SSSR count). The number of hydrogen-bond acceptors (Lipinski definition) is 4. The molecule has 1 aliphatic heterocycles. The van der Waals surface area contributed by atoms with Crippen molar-refractivity contribution >= 4 is 31.5 Å². The first-order valence-corrected chi connectivity index (χ1v) is 8.43. The summed E-state index contributed by atoms with van der Waals surface area (Å²) in [7, 11) is -2.86. The summed E-state index contributed by atoms with van der Waals surface area (Å²) in [5.41, 5.74) is 1.82. The molecule has 1 saturated heterocycles. The normalized spacial score (nSPS) is 20.7. The van der Waals surface area contributed by atoms with Crippen molar-refractivity contribution in [2.45, 2.75) is 13.0 Å². The molecule has 1 fully saturated rings. The second-order valence-corrected chi connectivity index (χ2v) is 7.68. The van der Waals surface area contributed by atoms with Gasteiger partial charge in [0.15, 0.2) is 9.84 Å². The number of hydrogen-bond donors (Lipinski definition) is 1. The van der Waals surface area contributed by atoms with Gasteiger partial charge in [0.25, 0.3) is 0 Å². The first-order chi connectivity index (χ1) is 8.39. The van der Waals surface area contributed by atoms with Crippen molar-refractivity contribution in [2.24, 2.45) is 0 Å². The van der Waals surface area contributed by atoms with Crippen molar-refractivity contribution in [3.63, 3.8) is 0 Å². The summed E-state index contributed by atoms with van der Waals surface area (Å²) in [6.07, 6.45) is -0.503. The van der Waals surface area contributed by atoms with Gasteiger partial charge in [-0.3, -0.25) is 0 Å². The molecule has 0 aliphatic carbocycles. The molecule has 100 valence electrons. The van der Waals surface area contributed by atoms with Crippen LogP contribution in [0, 0.1) is 0 Å². The smallest absolute Gasteiger partial charge is 0.153 e. The van der Waals surface area contributed by atoms with E-state index in [4.69, 9.17) is 0 Å². The van der Waals surface area contributed by atoms with Gasteiger partial charge in [0.1, 0.15) is 0 Å². The third kappa shape index (κ3) is 3.05. The number of aliphatic hydroxyl groups excluding tert-OH is 1. The molecule has 1 aromatic carbocycles. The lowest BCUT2D eigenvalue weighted by molar-refractivity contribution is 0.199. The molecule has 0 spiro atoms. The molecule has 0 aromatic heterocycles. The van der Waals surface area contributed by atoms with Crippen molar-refractivity contribution < 1.29 is 13.5 Å². The van der Waals surface area contributed by atoms with E-state index in [1.807, 2.05) is 18.2 Å². The fraction of sp³-hybridized carbons (Fsp3) is 0.500. The molecule has 1 N–H and O–H groups in total. The zero-order chi connectivity index (χ0) is 13.3. The molecule has 0 bridgehead atoms. The van der Waals surface area contributed by atoms with Gasteiger partial charge in [-0.15, -0.1) is 0 Å². The van der Waals surface area contributed by atoms with Gasteiger partial charge < -0.3 is 10.0 Å². The molecule has 18 heavy (non-hydrogen) atoms. The van der Waals surface area contributed by atoms with E-state index in [-0.39, 0.29) is 11.5 Å². The van der Waals surface area contributed by atoms with Gasteiger partial charge in [-0.25, -0.2) is 8.42 Å². The number of benzene rings is 1. The van der Waals surface area contributed by atoms with E-state index in [1.165, 1.54) is 0 Å². The second kappa shape index (κ2) is 5.19. The van der Waals surface area contributed by atoms with Crippen molar-refractivity contribution in [1.29, 1.82) is 0 Å². The SMILES string of the molecule is C[C@@H](O)c1ccc(N2CCS(=O)(=O)CC2)c(Br)c1. The minimum Gasteiger partial charge on any atom is -0.389 e. The molecule has 1 aliphatic rings. The summed E-state index contributed by atoms with van der Waals surface area (Å²) in [6.45, 7) is 2.76. The zero-order valence-corrected chi connectivity index (χ0v) is 12.5. The zero-order valence-electron chi connectivity index (χ0n) is 10.1. The Hall–Kier alpha value is -0.590. The first kappa shape index (κ1) is 13.8. The molecule has 1 atom stereocenters. The van der Waals surface area contributed by atoms with Crippen LogP contribution in [0.15, 0.2) is 22.7 Å². The molecule has 6 heteroatoms. The molecule has 1 heterocycles. The maximum Gasteiger partial charge on any atom is 0.153 e. The number of rotatable bonds is 2. The molecule has 4 nitrogen and oxygen atoms in total. The van der Waals surface area contributed by atoms with Crippen molar-refractivity contribution in [2.75, 3.05) is 29.5 Å². The summed E-state index contributed by atoms with van der Waals surface area (Å²) in [6, 6.07) is 5.67. The lowest BCUT2D eigenvalue weighted by atomic mass is 10.1. The van der Waals surface area contributed by atoms with Crippen LogP contribution in [-0.4, -0.2) is 38.1 Å². The molecule has 0 radical (unpaired) electrons. The monoisotopic (exact) mass is 333 g/mol. The Bertz CT molecular complexity index is 528.